The van der Waals surface area contributed by atoms with Crippen molar-refractivity contribution in [2.24, 2.45) is 0 Å². The summed E-state index contributed by atoms with van der Waals surface area (Å²) in [7, 11) is 1.74. The molecule has 0 aliphatic heterocycles. The molecule has 4 rings (SSSR count). The van der Waals surface area contributed by atoms with E-state index in [-0.39, 0.29) is 0 Å². The molecule has 0 aliphatic carbocycles. The highest BCUT2D eigenvalue weighted by Gasteiger charge is 2.35. The van der Waals surface area contributed by atoms with E-state index in [1.807, 2.05) is 32.2 Å². The largest absolute Gasteiger partial charge is 0.427 e. The fraction of sp³-hybridized carbons (Fsp3) is 0.286. The lowest BCUT2D eigenvalue weighted by Crippen LogP contribution is -2.49. The van der Waals surface area contributed by atoms with Crippen molar-refractivity contribution in [1.82, 2.24) is 4.98 Å². The number of benzene rings is 2. The third kappa shape index (κ3) is 2.90. The van der Waals surface area contributed by atoms with Gasteiger partial charge in [-0.15, -0.1) is 11.3 Å². The molecular formula is C21H21BNO2S. The Labute approximate surface area is 157 Å². The molecule has 0 spiro atoms. The van der Waals surface area contributed by atoms with Gasteiger partial charge in [0.25, 0.3) is 0 Å². The first-order chi connectivity index (χ1) is 12.3. The van der Waals surface area contributed by atoms with Crippen LogP contribution in [0.25, 0.3) is 31.1 Å². The highest BCUT2D eigenvalue weighted by atomic mass is 32.1. The maximum atomic E-state index is 10.3. The SMILES string of the molecule is CC(C)(O)C(C)(C)O[B]c1ccc2ccc3c4cccnc4sc3c2c1. The van der Waals surface area contributed by atoms with Crippen LogP contribution >= 0.6 is 11.3 Å². The van der Waals surface area contributed by atoms with E-state index >= 15 is 0 Å². The summed E-state index contributed by atoms with van der Waals surface area (Å²) in [4.78, 5) is 5.56. The zero-order chi connectivity index (χ0) is 18.5. The Morgan fingerprint density at radius 1 is 1.00 bits per heavy atom. The molecule has 0 amide bonds. The minimum atomic E-state index is -0.940. The second kappa shape index (κ2) is 6.05. The summed E-state index contributed by atoms with van der Waals surface area (Å²) in [6, 6.07) is 14.7. The van der Waals surface area contributed by atoms with Gasteiger partial charge in [0.15, 0.2) is 0 Å². The Kier molecular flexibility index (Phi) is 4.06. The number of aliphatic hydroxyl groups is 1. The zero-order valence-electron chi connectivity index (χ0n) is 15.4. The lowest BCUT2D eigenvalue weighted by atomic mass is 9.82. The van der Waals surface area contributed by atoms with Crippen LogP contribution in [-0.2, 0) is 4.65 Å². The topological polar surface area (TPSA) is 42.4 Å². The standard InChI is InChI=1S/C21H21BNO2S/c1-20(2,24)21(3,4)25-22-14-9-7-13-8-10-15-16-6-5-11-23-19(16)26-18(15)17(13)12-14/h5-12,24H,1-4H3. The summed E-state index contributed by atoms with van der Waals surface area (Å²) < 4.78 is 7.16. The summed E-state index contributed by atoms with van der Waals surface area (Å²) in [5, 5.41) is 15.1. The molecule has 4 aromatic rings. The molecular weight excluding hydrogens is 341 g/mol. The summed E-state index contributed by atoms with van der Waals surface area (Å²) in [6.07, 6.45) is 1.84. The average molecular weight is 362 g/mol. The molecule has 2 aromatic heterocycles. The average Bonchev–Trinajstić information content (AvgIpc) is 2.98. The van der Waals surface area contributed by atoms with Gasteiger partial charge < -0.3 is 9.76 Å². The Hall–Kier alpha value is -1.95. The second-order valence-electron chi connectivity index (χ2n) is 7.69. The highest BCUT2D eigenvalue weighted by Crippen LogP contribution is 2.36. The van der Waals surface area contributed by atoms with Gasteiger partial charge in [-0.25, -0.2) is 4.98 Å². The number of pyridine rings is 1. The number of fused-ring (bicyclic) bond motifs is 5. The van der Waals surface area contributed by atoms with Crippen molar-refractivity contribution in [2.75, 3.05) is 0 Å². The Morgan fingerprint density at radius 2 is 1.77 bits per heavy atom. The number of thiophene rings is 1. The van der Waals surface area contributed by atoms with Gasteiger partial charge in [0.05, 0.1) is 11.2 Å². The van der Waals surface area contributed by atoms with Gasteiger partial charge in [-0.1, -0.05) is 35.8 Å². The minimum absolute atomic E-state index is 0.685. The maximum Gasteiger partial charge on any atom is 0.330 e. The van der Waals surface area contributed by atoms with Gasteiger partial charge in [-0.3, -0.25) is 0 Å². The van der Waals surface area contributed by atoms with E-state index in [4.69, 9.17) is 4.65 Å². The first kappa shape index (κ1) is 17.5. The van der Waals surface area contributed by atoms with E-state index in [0.29, 0.717) is 0 Å². The highest BCUT2D eigenvalue weighted by molar-refractivity contribution is 7.26. The minimum Gasteiger partial charge on any atom is -0.427 e. The fourth-order valence-corrected chi connectivity index (χ4v) is 4.01. The van der Waals surface area contributed by atoms with Crippen LogP contribution in [0.3, 0.4) is 0 Å². The smallest absolute Gasteiger partial charge is 0.330 e. The number of hydrogen-bond acceptors (Lipinski definition) is 4. The van der Waals surface area contributed by atoms with Gasteiger partial charge in [0.2, 0.25) is 0 Å². The van der Waals surface area contributed by atoms with Crippen molar-refractivity contribution in [3.63, 3.8) is 0 Å². The van der Waals surface area contributed by atoms with Crippen molar-refractivity contribution in [1.29, 1.82) is 0 Å². The molecule has 26 heavy (non-hydrogen) atoms. The molecule has 1 N–H and O–H groups in total. The van der Waals surface area contributed by atoms with E-state index in [1.54, 1.807) is 32.7 Å². The fourth-order valence-electron chi connectivity index (χ4n) is 2.84. The van der Waals surface area contributed by atoms with Gasteiger partial charge >= 0.3 is 7.48 Å². The van der Waals surface area contributed by atoms with E-state index in [0.717, 1.165) is 10.3 Å². The summed E-state index contributed by atoms with van der Waals surface area (Å²) in [6.45, 7) is 7.30. The van der Waals surface area contributed by atoms with Crippen LogP contribution in [0.15, 0.2) is 48.7 Å². The van der Waals surface area contributed by atoms with E-state index in [2.05, 4.69) is 35.3 Å². The molecule has 0 saturated heterocycles. The number of aromatic nitrogens is 1. The Balaban J connectivity index is 1.77. The van der Waals surface area contributed by atoms with Crippen molar-refractivity contribution < 1.29 is 9.76 Å². The lowest BCUT2D eigenvalue weighted by molar-refractivity contribution is -0.0893. The first-order valence-electron chi connectivity index (χ1n) is 8.70. The maximum absolute atomic E-state index is 10.3. The first-order valence-corrected chi connectivity index (χ1v) is 9.51. The Bertz CT molecular complexity index is 1110. The normalized spacial score (nSPS) is 13.0. The molecule has 2 heterocycles. The molecule has 3 nitrogen and oxygen atoms in total. The number of nitrogens with zero attached hydrogens (tertiary/aromatic N) is 1. The molecule has 2 aromatic carbocycles. The third-order valence-corrected chi connectivity index (χ3v) is 6.38. The monoisotopic (exact) mass is 362 g/mol. The summed E-state index contributed by atoms with van der Waals surface area (Å²) in [5.41, 5.74) is -0.645. The molecule has 0 atom stereocenters. The van der Waals surface area contributed by atoms with Crippen LogP contribution < -0.4 is 5.46 Å². The van der Waals surface area contributed by atoms with Crippen LogP contribution in [0, 0.1) is 0 Å². The predicted molar refractivity (Wildman–Crippen MR) is 111 cm³/mol. The van der Waals surface area contributed by atoms with E-state index in [1.165, 1.54) is 26.2 Å². The van der Waals surface area contributed by atoms with Crippen molar-refractivity contribution in [3.8, 4) is 0 Å². The van der Waals surface area contributed by atoms with Gasteiger partial charge in [-0.05, 0) is 50.6 Å². The van der Waals surface area contributed by atoms with Crippen LogP contribution in [0.1, 0.15) is 27.7 Å². The predicted octanol–water partition coefficient (Wildman–Crippen LogP) is 4.41. The molecule has 5 heteroatoms. The second-order valence-corrected chi connectivity index (χ2v) is 8.69. The lowest BCUT2D eigenvalue weighted by Gasteiger charge is -2.37. The van der Waals surface area contributed by atoms with Crippen molar-refractivity contribution >= 4 is 55.4 Å². The van der Waals surface area contributed by atoms with Gasteiger partial charge in [0.1, 0.15) is 4.83 Å². The van der Waals surface area contributed by atoms with E-state index in [9.17, 15) is 5.11 Å². The summed E-state index contributed by atoms with van der Waals surface area (Å²) in [5.74, 6) is 0. The third-order valence-electron chi connectivity index (χ3n) is 5.22. The molecule has 0 saturated carbocycles. The van der Waals surface area contributed by atoms with Crippen molar-refractivity contribution in [3.05, 3.63) is 48.7 Å². The van der Waals surface area contributed by atoms with E-state index < -0.39 is 11.2 Å². The Morgan fingerprint density at radius 3 is 2.54 bits per heavy atom. The van der Waals surface area contributed by atoms with Crippen LogP contribution in [0.4, 0.5) is 0 Å². The molecule has 0 aliphatic rings. The van der Waals surface area contributed by atoms with Gasteiger partial charge in [-0.2, -0.15) is 0 Å². The van der Waals surface area contributed by atoms with Gasteiger partial charge in [0, 0.05) is 21.7 Å². The van der Waals surface area contributed by atoms with Crippen LogP contribution in [0.5, 0.6) is 0 Å². The number of rotatable bonds is 4. The molecule has 0 unspecified atom stereocenters. The van der Waals surface area contributed by atoms with Crippen LogP contribution in [-0.4, -0.2) is 28.8 Å². The van der Waals surface area contributed by atoms with Crippen molar-refractivity contribution in [2.45, 2.75) is 38.9 Å². The quantitative estimate of drug-likeness (QED) is 0.547. The molecule has 0 bridgehead atoms. The summed E-state index contributed by atoms with van der Waals surface area (Å²) >= 11 is 1.72. The number of hydrogen-bond donors (Lipinski definition) is 1. The molecule has 1 radical (unpaired) electrons. The molecule has 0 fully saturated rings. The zero-order valence-corrected chi connectivity index (χ0v) is 16.2. The molecule has 131 valence electrons. The van der Waals surface area contributed by atoms with Crippen LogP contribution in [0.2, 0.25) is 0 Å².